The standard InChI is InChI=1S/C12H26O4S2/c1-7-13-11(5,14-8-2)17-18-12(6,15-9-3)16-10-4/h7-10H2,1-6H3. The van der Waals surface area contributed by atoms with E-state index in [1.807, 2.05) is 41.5 Å². The van der Waals surface area contributed by atoms with Crippen LogP contribution in [0.1, 0.15) is 41.5 Å². The highest BCUT2D eigenvalue weighted by molar-refractivity contribution is 8.77. The van der Waals surface area contributed by atoms with Gasteiger partial charge in [-0.25, -0.2) is 0 Å². The summed E-state index contributed by atoms with van der Waals surface area (Å²) in [5.41, 5.74) is 0. The summed E-state index contributed by atoms with van der Waals surface area (Å²) < 4.78 is 22.5. The maximum absolute atomic E-state index is 5.63. The summed E-state index contributed by atoms with van der Waals surface area (Å²) in [4.78, 5) is 0. The van der Waals surface area contributed by atoms with Crippen LogP contribution in [0.5, 0.6) is 0 Å². The van der Waals surface area contributed by atoms with Crippen LogP contribution in [0.2, 0.25) is 0 Å². The summed E-state index contributed by atoms with van der Waals surface area (Å²) in [6.07, 6.45) is 0. The Kier molecular flexibility index (Phi) is 9.73. The van der Waals surface area contributed by atoms with Gasteiger partial charge in [0.2, 0.25) is 10.2 Å². The smallest absolute Gasteiger partial charge is 0.225 e. The Bertz CT molecular complexity index is 180. The van der Waals surface area contributed by atoms with Crippen molar-refractivity contribution in [2.24, 2.45) is 0 Å². The Morgan fingerprint density at radius 1 is 0.611 bits per heavy atom. The van der Waals surface area contributed by atoms with Crippen LogP contribution in [-0.2, 0) is 18.9 Å². The first-order chi connectivity index (χ1) is 8.45. The second kappa shape index (κ2) is 9.44. The molecule has 0 fully saturated rings. The van der Waals surface area contributed by atoms with Crippen LogP contribution >= 0.6 is 21.6 Å². The lowest BCUT2D eigenvalue weighted by Crippen LogP contribution is -2.32. The van der Waals surface area contributed by atoms with E-state index in [0.717, 1.165) is 0 Å². The van der Waals surface area contributed by atoms with E-state index in [4.69, 9.17) is 18.9 Å². The van der Waals surface area contributed by atoms with Gasteiger partial charge in [-0.1, -0.05) is 0 Å². The van der Waals surface area contributed by atoms with Gasteiger partial charge >= 0.3 is 0 Å². The summed E-state index contributed by atoms with van der Waals surface area (Å²) in [5, 5.41) is -1.35. The van der Waals surface area contributed by atoms with Crippen molar-refractivity contribution in [3.05, 3.63) is 0 Å². The van der Waals surface area contributed by atoms with Crippen LogP contribution in [0.3, 0.4) is 0 Å². The highest BCUT2D eigenvalue weighted by Gasteiger charge is 2.34. The van der Waals surface area contributed by atoms with Gasteiger partial charge in [0, 0.05) is 40.3 Å². The average molecular weight is 298 g/mol. The first-order valence-corrected chi connectivity index (χ1v) is 8.52. The van der Waals surface area contributed by atoms with E-state index in [2.05, 4.69) is 0 Å². The number of ether oxygens (including phenoxy) is 4. The van der Waals surface area contributed by atoms with E-state index in [1.165, 1.54) is 21.6 Å². The minimum absolute atomic E-state index is 0.601. The van der Waals surface area contributed by atoms with Gasteiger partial charge < -0.3 is 18.9 Å². The summed E-state index contributed by atoms with van der Waals surface area (Å²) in [6, 6.07) is 0. The Hall–Kier alpha value is 0.540. The number of rotatable bonds is 11. The Morgan fingerprint density at radius 2 is 0.833 bits per heavy atom. The third-order valence-corrected chi connectivity index (χ3v) is 5.20. The first-order valence-electron chi connectivity index (χ1n) is 6.37. The van der Waals surface area contributed by atoms with Crippen molar-refractivity contribution in [1.29, 1.82) is 0 Å². The SMILES string of the molecule is CCOC(C)(OCC)SSC(C)(OCC)OCC. The lowest BCUT2D eigenvalue weighted by molar-refractivity contribution is -0.155. The largest absolute Gasteiger partial charge is 0.341 e. The predicted molar refractivity (Wildman–Crippen MR) is 78.5 cm³/mol. The van der Waals surface area contributed by atoms with Crippen molar-refractivity contribution in [1.82, 2.24) is 0 Å². The highest BCUT2D eigenvalue weighted by atomic mass is 33.1. The van der Waals surface area contributed by atoms with Gasteiger partial charge in [0.05, 0.1) is 0 Å². The summed E-state index contributed by atoms with van der Waals surface area (Å²) in [5.74, 6) is 0. The first kappa shape index (κ1) is 18.5. The quantitative estimate of drug-likeness (QED) is 0.426. The number of hydrogen-bond acceptors (Lipinski definition) is 6. The fourth-order valence-corrected chi connectivity index (χ4v) is 3.83. The molecule has 0 aliphatic rings. The molecule has 0 radical (unpaired) electrons. The van der Waals surface area contributed by atoms with E-state index in [0.29, 0.717) is 26.4 Å². The maximum Gasteiger partial charge on any atom is 0.225 e. The normalized spacial score (nSPS) is 13.0. The molecule has 0 bridgehead atoms. The summed E-state index contributed by atoms with van der Waals surface area (Å²) in [7, 11) is 2.96. The van der Waals surface area contributed by atoms with E-state index in [1.54, 1.807) is 0 Å². The van der Waals surface area contributed by atoms with E-state index in [-0.39, 0.29) is 0 Å². The molecule has 0 amide bonds. The molecule has 0 rings (SSSR count). The molecule has 0 aromatic carbocycles. The van der Waals surface area contributed by atoms with Gasteiger partial charge in [-0.3, -0.25) is 0 Å². The van der Waals surface area contributed by atoms with Gasteiger partial charge in [-0.15, -0.1) is 0 Å². The van der Waals surface area contributed by atoms with Crippen LogP contribution in [0.15, 0.2) is 0 Å². The zero-order valence-corrected chi connectivity index (χ0v) is 13.9. The van der Waals surface area contributed by atoms with Gasteiger partial charge in [0.25, 0.3) is 0 Å². The van der Waals surface area contributed by atoms with Crippen molar-refractivity contribution in [2.75, 3.05) is 26.4 Å². The Labute approximate surface area is 119 Å². The molecule has 18 heavy (non-hydrogen) atoms. The predicted octanol–water partition coefficient (Wildman–Crippen LogP) is 3.86. The van der Waals surface area contributed by atoms with Crippen molar-refractivity contribution < 1.29 is 18.9 Å². The zero-order valence-electron chi connectivity index (χ0n) is 12.3. The molecular formula is C12H26O4S2. The monoisotopic (exact) mass is 298 g/mol. The third-order valence-electron chi connectivity index (χ3n) is 1.97. The fourth-order valence-electron chi connectivity index (χ4n) is 1.38. The molecule has 0 unspecified atom stereocenters. The fraction of sp³-hybridized carbons (Fsp3) is 1.00. The lowest BCUT2D eigenvalue weighted by Gasteiger charge is -2.33. The lowest BCUT2D eigenvalue weighted by atomic mass is 10.7. The Balaban J connectivity index is 4.44. The second-order valence-electron chi connectivity index (χ2n) is 3.62. The number of hydrogen-bond donors (Lipinski definition) is 0. The molecule has 0 saturated carbocycles. The molecule has 0 spiro atoms. The highest BCUT2D eigenvalue weighted by Crippen LogP contribution is 2.46. The van der Waals surface area contributed by atoms with Crippen molar-refractivity contribution in [2.45, 2.75) is 51.8 Å². The molecule has 0 N–H and O–H groups in total. The maximum atomic E-state index is 5.63. The summed E-state index contributed by atoms with van der Waals surface area (Å²) in [6.45, 7) is 14.0. The molecule has 0 aliphatic heterocycles. The molecule has 0 saturated heterocycles. The molecule has 110 valence electrons. The molecular weight excluding hydrogens is 272 g/mol. The molecule has 0 aromatic heterocycles. The topological polar surface area (TPSA) is 36.9 Å². The average Bonchev–Trinajstić information content (AvgIpc) is 2.28. The van der Waals surface area contributed by atoms with E-state index in [9.17, 15) is 0 Å². The molecule has 4 nitrogen and oxygen atoms in total. The van der Waals surface area contributed by atoms with E-state index < -0.39 is 10.2 Å². The van der Waals surface area contributed by atoms with E-state index >= 15 is 0 Å². The Morgan fingerprint density at radius 3 is 1.00 bits per heavy atom. The summed E-state index contributed by atoms with van der Waals surface area (Å²) >= 11 is 0. The minimum Gasteiger partial charge on any atom is -0.341 e. The molecule has 6 heteroatoms. The van der Waals surface area contributed by atoms with Crippen LogP contribution < -0.4 is 0 Å². The molecule has 0 aromatic rings. The van der Waals surface area contributed by atoms with Crippen LogP contribution in [0.4, 0.5) is 0 Å². The third kappa shape index (κ3) is 7.21. The van der Waals surface area contributed by atoms with Crippen molar-refractivity contribution in [3.8, 4) is 0 Å². The van der Waals surface area contributed by atoms with Gasteiger partial charge in [-0.05, 0) is 49.3 Å². The van der Waals surface area contributed by atoms with Crippen LogP contribution in [-0.4, -0.2) is 36.7 Å². The van der Waals surface area contributed by atoms with Crippen LogP contribution in [0, 0.1) is 0 Å². The van der Waals surface area contributed by atoms with Gasteiger partial charge in [0.1, 0.15) is 0 Å². The second-order valence-corrected chi connectivity index (χ2v) is 6.44. The molecule has 0 aliphatic carbocycles. The van der Waals surface area contributed by atoms with Crippen molar-refractivity contribution >= 4 is 21.6 Å². The molecule has 0 heterocycles. The van der Waals surface area contributed by atoms with Gasteiger partial charge in [0.15, 0.2) is 0 Å². The minimum atomic E-state index is -0.677. The van der Waals surface area contributed by atoms with Crippen molar-refractivity contribution in [3.63, 3.8) is 0 Å². The van der Waals surface area contributed by atoms with Gasteiger partial charge in [-0.2, -0.15) is 0 Å². The van der Waals surface area contributed by atoms with Crippen LogP contribution in [0.25, 0.3) is 0 Å². The zero-order chi connectivity index (χ0) is 14.1. The molecule has 0 atom stereocenters.